The number of phosphoric ester groups is 1. The highest BCUT2D eigenvalue weighted by Crippen LogP contribution is 2.38. The van der Waals surface area contributed by atoms with Crippen molar-refractivity contribution in [3.8, 4) is 0 Å². The minimum Gasteiger partial charge on any atom is -0.756 e. The van der Waals surface area contributed by atoms with Gasteiger partial charge in [-0.3, -0.25) is 9.36 Å². The van der Waals surface area contributed by atoms with Gasteiger partial charge in [0, 0.05) is 6.42 Å². The highest BCUT2D eigenvalue weighted by molar-refractivity contribution is 7.45. The van der Waals surface area contributed by atoms with E-state index in [1.54, 1.807) is 6.08 Å². The fraction of sp³-hybridized carbons (Fsp3) is 0.875. The van der Waals surface area contributed by atoms with E-state index in [2.05, 4.69) is 55.6 Å². The number of aliphatic hydroxyl groups excluding tert-OH is 1. The first-order valence-electron chi connectivity index (χ1n) is 35.5. The van der Waals surface area contributed by atoms with Crippen LogP contribution >= 0.6 is 7.82 Å². The number of quaternary nitrogens is 1. The summed E-state index contributed by atoms with van der Waals surface area (Å²) in [4.78, 5) is 25.6. The number of nitrogens with one attached hydrogen (secondary N) is 1. The van der Waals surface area contributed by atoms with Gasteiger partial charge in [0.15, 0.2) is 0 Å². The molecule has 0 aliphatic carbocycles. The molecule has 0 aromatic rings. The fourth-order valence-electron chi connectivity index (χ4n) is 10.7. The molecular formula is C72H139N2O6P. The average Bonchev–Trinajstić information content (AvgIpc) is 3.43. The van der Waals surface area contributed by atoms with Crippen LogP contribution in [0.4, 0.5) is 0 Å². The summed E-state index contributed by atoms with van der Waals surface area (Å²) >= 11 is 0. The summed E-state index contributed by atoms with van der Waals surface area (Å²) in [5.74, 6) is -0.202. The predicted octanol–water partition coefficient (Wildman–Crippen LogP) is 22.0. The second-order valence-electron chi connectivity index (χ2n) is 25.6. The second kappa shape index (κ2) is 63.0. The van der Waals surface area contributed by atoms with E-state index in [4.69, 9.17) is 9.05 Å². The van der Waals surface area contributed by atoms with Gasteiger partial charge in [0.25, 0.3) is 7.82 Å². The summed E-state index contributed by atoms with van der Waals surface area (Å²) < 4.78 is 23.4. The van der Waals surface area contributed by atoms with E-state index in [0.29, 0.717) is 17.4 Å². The second-order valence-corrected chi connectivity index (χ2v) is 27.0. The van der Waals surface area contributed by atoms with Crippen molar-refractivity contribution in [1.29, 1.82) is 0 Å². The Balaban J connectivity index is 4.05. The first-order valence-corrected chi connectivity index (χ1v) is 37.0. The molecule has 8 nitrogen and oxygen atoms in total. The lowest BCUT2D eigenvalue weighted by molar-refractivity contribution is -0.870. The third-order valence-corrected chi connectivity index (χ3v) is 17.2. The zero-order valence-electron chi connectivity index (χ0n) is 54.8. The molecule has 0 aliphatic heterocycles. The van der Waals surface area contributed by atoms with E-state index in [1.165, 1.54) is 289 Å². The molecule has 478 valence electrons. The van der Waals surface area contributed by atoms with Crippen LogP contribution in [0, 0.1) is 0 Å². The normalized spacial score (nSPS) is 13.9. The molecule has 0 bridgehead atoms. The third-order valence-electron chi connectivity index (χ3n) is 16.3. The number of allylic oxidation sites excluding steroid dienone is 7. The van der Waals surface area contributed by atoms with Crippen molar-refractivity contribution in [1.82, 2.24) is 5.32 Å². The Labute approximate surface area is 505 Å². The lowest BCUT2D eigenvalue weighted by Crippen LogP contribution is -2.45. The Hall–Kier alpha value is -1.54. The number of unbranched alkanes of at least 4 members (excludes halogenated alkanes) is 47. The Bertz CT molecular complexity index is 1460. The van der Waals surface area contributed by atoms with Gasteiger partial charge in [0.1, 0.15) is 13.2 Å². The molecule has 81 heavy (non-hydrogen) atoms. The van der Waals surface area contributed by atoms with Gasteiger partial charge in [-0.25, -0.2) is 0 Å². The van der Waals surface area contributed by atoms with Crippen molar-refractivity contribution in [3.05, 3.63) is 48.6 Å². The maximum Gasteiger partial charge on any atom is 0.268 e. The number of nitrogens with zero attached hydrogens (tertiary/aromatic N) is 1. The largest absolute Gasteiger partial charge is 0.756 e. The van der Waals surface area contributed by atoms with Gasteiger partial charge in [-0.1, -0.05) is 332 Å². The minimum absolute atomic E-state index is 0.00565. The minimum atomic E-state index is -4.61. The van der Waals surface area contributed by atoms with Crippen molar-refractivity contribution in [3.63, 3.8) is 0 Å². The van der Waals surface area contributed by atoms with Crippen LogP contribution < -0.4 is 10.2 Å². The summed E-state index contributed by atoms with van der Waals surface area (Å²) in [6.45, 7) is 4.68. The van der Waals surface area contributed by atoms with Gasteiger partial charge in [0.2, 0.25) is 5.91 Å². The standard InChI is InChI=1S/C72H139N2O6P/c1-6-8-10-12-14-16-18-20-22-24-26-28-30-32-33-34-35-36-37-38-39-40-41-42-44-46-48-50-52-54-56-58-60-62-64-66-72(76)73-70(69-80-81(77,78)79-68-67-74(3,4)5)71(75)65-63-61-59-57-55-53-51-49-47-45-43-31-29-27-25-23-21-19-17-15-13-11-9-7-2/h30,32,34-35,55,57,63,65,70-71,75H,6-29,31,33,36-54,56,58-62,64,66-69H2,1-5H3,(H-,73,76,77,78)/b32-30-,35-34-,57-55+,65-63+. The van der Waals surface area contributed by atoms with Crippen molar-refractivity contribution in [2.24, 2.45) is 0 Å². The molecule has 0 fully saturated rings. The monoisotopic (exact) mass is 1160 g/mol. The number of carbonyl (C=O) groups is 1. The van der Waals surface area contributed by atoms with Gasteiger partial charge < -0.3 is 28.8 Å². The van der Waals surface area contributed by atoms with Gasteiger partial charge >= 0.3 is 0 Å². The zero-order chi connectivity index (χ0) is 59.1. The van der Waals surface area contributed by atoms with E-state index in [1.807, 2.05) is 27.2 Å². The maximum absolute atomic E-state index is 13.0. The number of rotatable bonds is 66. The summed E-state index contributed by atoms with van der Waals surface area (Å²) in [6, 6.07) is -0.905. The van der Waals surface area contributed by atoms with Gasteiger partial charge in [-0.05, 0) is 64.2 Å². The number of carbonyl (C=O) groups excluding carboxylic acids is 1. The van der Waals surface area contributed by atoms with Gasteiger partial charge in [-0.2, -0.15) is 0 Å². The Morgan fingerprint density at radius 3 is 1.07 bits per heavy atom. The quantitative estimate of drug-likeness (QED) is 0.0272. The lowest BCUT2D eigenvalue weighted by atomic mass is 10.0. The molecule has 0 aromatic heterocycles. The SMILES string of the molecule is CCCCCCCCCCCCC/C=C\C/C=C\CCCCCCCCCCCCCCCCCCCC(=O)NC(COP(=O)([O-])OCC[N+](C)(C)C)C(O)/C=C/CC/C=C/CCCCCCCCCCCCCCCCCCCC. The Kier molecular flexibility index (Phi) is 61.8. The highest BCUT2D eigenvalue weighted by Gasteiger charge is 2.23. The summed E-state index contributed by atoms with van der Waals surface area (Å²) in [7, 11) is 1.26. The lowest BCUT2D eigenvalue weighted by Gasteiger charge is -2.29. The van der Waals surface area contributed by atoms with Gasteiger partial charge in [-0.15, -0.1) is 0 Å². The first kappa shape index (κ1) is 79.5. The molecule has 3 unspecified atom stereocenters. The topological polar surface area (TPSA) is 108 Å². The van der Waals surface area contributed by atoms with Crippen LogP contribution in [0.2, 0.25) is 0 Å². The average molecular weight is 1160 g/mol. The molecule has 0 heterocycles. The number of hydrogen-bond donors (Lipinski definition) is 2. The molecule has 0 saturated carbocycles. The Morgan fingerprint density at radius 1 is 0.432 bits per heavy atom. The van der Waals surface area contributed by atoms with Crippen molar-refractivity contribution in [2.45, 2.75) is 366 Å². The molecule has 0 aromatic carbocycles. The molecule has 0 aliphatic rings. The number of amides is 1. The van der Waals surface area contributed by atoms with Gasteiger partial charge in [0.05, 0.1) is 39.9 Å². The van der Waals surface area contributed by atoms with Crippen LogP contribution in [0.5, 0.6) is 0 Å². The van der Waals surface area contributed by atoms with Crippen LogP contribution in [-0.4, -0.2) is 68.5 Å². The third kappa shape index (κ3) is 65.9. The fourth-order valence-corrected chi connectivity index (χ4v) is 11.5. The maximum atomic E-state index is 13.0. The number of aliphatic hydroxyl groups is 1. The van der Waals surface area contributed by atoms with Crippen LogP contribution in [0.3, 0.4) is 0 Å². The van der Waals surface area contributed by atoms with Crippen LogP contribution in [0.15, 0.2) is 48.6 Å². The molecule has 1 amide bonds. The molecule has 9 heteroatoms. The molecule has 3 atom stereocenters. The van der Waals surface area contributed by atoms with E-state index in [0.717, 1.165) is 44.9 Å². The van der Waals surface area contributed by atoms with Crippen molar-refractivity contribution in [2.75, 3.05) is 40.9 Å². The Morgan fingerprint density at radius 2 is 0.728 bits per heavy atom. The molecule has 0 radical (unpaired) electrons. The highest BCUT2D eigenvalue weighted by atomic mass is 31.2. The molecule has 0 saturated heterocycles. The number of likely N-dealkylation sites (N-methyl/N-ethyl adjacent to an activating group) is 1. The molecule has 2 N–H and O–H groups in total. The van der Waals surface area contributed by atoms with Crippen molar-refractivity contribution < 1.29 is 32.9 Å². The zero-order valence-corrected chi connectivity index (χ0v) is 55.6. The number of phosphoric acid groups is 1. The van der Waals surface area contributed by atoms with Crippen molar-refractivity contribution >= 4 is 13.7 Å². The van der Waals surface area contributed by atoms with E-state index >= 15 is 0 Å². The van der Waals surface area contributed by atoms with E-state index in [9.17, 15) is 19.4 Å². The van der Waals surface area contributed by atoms with Crippen LogP contribution in [0.25, 0.3) is 0 Å². The number of hydrogen-bond acceptors (Lipinski definition) is 6. The first-order chi connectivity index (χ1) is 39.5. The van der Waals surface area contributed by atoms with Crippen LogP contribution in [0.1, 0.15) is 354 Å². The summed E-state index contributed by atoms with van der Waals surface area (Å²) in [5, 5.41) is 13.9. The van der Waals surface area contributed by atoms with E-state index in [-0.39, 0.29) is 12.5 Å². The smallest absolute Gasteiger partial charge is 0.268 e. The molecule has 0 spiro atoms. The molecule has 0 rings (SSSR count). The van der Waals surface area contributed by atoms with Crippen LogP contribution in [-0.2, 0) is 18.4 Å². The predicted molar refractivity (Wildman–Crippen MR) is 353 cm³/mol. The summed E-state index contributed by atoms with van der Waals surface area (Å²) in [6.07, 6.45) is 85.3. The van der Waals surface area contributed by atoms with E-state index < -0.39 is 26.6 Å². The molecular weight excluding hydrogens is 1020 g/mol. The summed E-state index contributed by atoms with van der Waals surface area (Å²) in [5.41, 5.74) is 0.